The normalized spacial score (nSPS) is 14.2. The molecule has 1 aromatic heterocycles. The molecule has 1 aromatic carbocycles. The van der Waals surface area contributed by atoms with E-state index in [-0.39, 0.29) is 31.5 Å². The second-order valence-electron chi connectivity index (χ2n) is 7.32. The first-order valence-corrected chi connectivity index (χ1v) is 10.5. The number of nitrogens with one attached hydrogen (secondary N) is 1. The Kier molecular flexibility index (Phi) is 6.97. The van der Waals surface area contributed by atoms with E-state index in [1.807, 2.05) is 0 Å². The first-order chi connectivity index (χ1) is 16.5. The van der Waals surface area contributed by atoms with E-state index in [1.54, 1.807) is 24.3 Å². The maximum atomic E-state index is 13.1. The van der Waals surface area contributed by atoms with Gasteiger partial charge in [-0.15, -0.1) is 0 Å². The van der Waals surface area contributed by atoms with Crippen LogP contribution in [0.5, 0.6) is 23.3 Å². The Labute approximate surface area is 195 Å². The second kappa shape index (κ2) is 10.3. The van der Waals surface area contributed by atoms with E-state index in [1.165, 1.54) is 30.3 Å². The number of methoxy groups -OCH3 is 2. The van der Waals surface area contributed by atoms with Crippen LogP contribution in [0.25, 0.3) is 0 Å². The Morgan fingerprint density at radius 1 is 1.00 bits per heavy atom. The molecule has 180 valence electrons. The van der Waals surface area contributed by atoms with E-state index in [0.717, 1.165) is 0 Å². The summed E-state index contributed by atoms with van der Waals surface area (Å²) >= 11 is 0. The summed E-state index contributed by atoms with van der Waals surface area (Å²) in [6.07, 6.45) is 0.605. The molecule has 2 aliphatic heterocycles. The van der Waals surface area contributed by atoms with E-state index in [9.17, 15) is 14.4 Å². The van der Waals surface area contributed by atoms with Crippen LogP contribution in [0.2, 0.25) is 0 Å². The molecule has 0 saturated carbocycles. The van der Waals surface area contributed by atoms with Crippen molar-refractivity contribution in [3.8, 4) is 23.3 Å². The summed E-state index contributed by atoms with van der Waals surface area (Å²) in [4.78, 5) is 42.0. The average molecular weight is 472 g/mol. The summed E-state index contributed by atoms with van der Waals surface area (Å²) in [7, 11) is 2.85. The summed E-state index contributed by atoms with van der Waals surface area (Å²) in [5.74, 6) is 0.231. The summed E-state index contributed by atoms with van der Waals surface area (Å²) in [5.41, 5.74) is 0.717. The van der Waals surface area contributed by atoms with Gasteiger partial charge in [-0.25, -0.2) is 10.0 Å². The van der Waals surface area contributed by atoms with Gasteiger partial charge in [0, 0.05) is 30.9 Å². The zero-order chi connectivity index (χ0) is 24.1. The number of nitrogens with zero attached hydrogens (tertiary/aromatic N) is 3. The highest BCUT2D eigenvalue weighted by molar-refractivity contribution is 5.98. The fourth-order valence-corrected chi connectivity index (χ4v) is 3.55. The molecule has 2 aliphatic rings. The standard InChI is InChI=1S/C22H24N4O8/c1-30-19-7-5-15(21(24-19)31-2)22(29)26-9-3-8-25(26)20(28)12-32-11-18(27)23-14-4-6-16-17(10-14)34-13-33-16/h4-7,10H,3,8-9,11-13H2,1-2H3,(H,23,27). The van der Waals surface area contributed by atoms with E-state index in [2.05, 4.69) is 10.3 Å². The largest absolute Gasteiger partial charge is 0.481 e. The molecule has 1 N–H and O–H groups in total. The Hall–Kier alpha value is -4.06. The zero-order valence-corrected chi connectivity index (χ0v) is 18.7. The molecule has 0 bridgehead atoms. The maximum absolute atomic E-state index is 13.1. The van der Waals surface area contributed by atoms with E-state index in [4.69, 9.17) is 23.7 Å². The number of carbonyl (C=O) groups excluding carboxylic acids is 3. The maximum Gasteiger partial charge on any atom is 0.277 e. The van der Waals surface area contributed by atoms with Gasteiger partial charge < -0.3 is 29.0 Å². The molecule has 3 amide bonds. The Balaban J connectivity index is 1.30. The molecule has 0 aliphatic carbocycles. The molecular weight excluding hydrogens is 448 g/mol. The molecular formula is C22H24N4O8. The highest BCUT2D eigenvalue weighted by atomic mass is 16.7. The number of carbonyl (C=O) groups is 3. The van der Waals surface area contributed by atoms with Gasteiger partial charge in [-0.3, -0.25) is 14.4 Å². The number of hydrazine groups is 1. The molecule has 1 saturated heterocycles. The number of hydrogen-bond acceptors (Lipinski definition) is 9. The number of amides is 3. The molecule has 0 radical (unpaired) electrons. The first kappa shape index (κ1) is 23.1. The van der Waals surface area contributed by atoms with Gasteiger partial charge in [0.1, 0.15) is 18.8 Å². The molecule has 12 nitrogen and oxygen atoms in total. The Morgan fingerprint density at radius 2 is 1.79 bits per heavy atom. The van der Waals surface area contributed by atoms with Crippen LogP contribution in [-0.4, -0.2) is 80.0 Å². The third kappa shape index (κ3) is 4.96. The predicted molar refractivity (Wildman–Crippen MR) is 117 cm³/mol. The van der Waals surface area contributed by atoms with Crippen molar-refractivity contribution in [2.75, 3.05) is 52.6 Å². The third-order valence-corrected chi connectivity index (χ3v) is 5.14. The predicted octanol–water partition coefficient (Wildman–Crippen LogP) is 1.07. The number of anilines is 1. The van der Waals surface area contributed by atoms with E-state index >= 15 is 0 Å². The summed E-state index contributed by atoms with van der Waals surface area (Å²) in [6, 6.07) is 8.08. The third-order valence-electron chi connectivity index (χ3n) is 5.14. The van der Waals surface area contributed by atoms with Gasteiger partial charge in [-0.2, -0.15) is 4.98 Å². The van der Waals surface area contributed by atoms with Crippen molar-refractivity contribution in [1.82, 2.24) is 15.0 Å². The van der Waals surface area contributed by atoms with Crippen molar-refractivity contribution in [3.05, 3.63) is 35.9 Å². The van der Waals surface area contributed by atoms with Gasteiger partial charge in [-0.05, 0) is 24.6 Å². The topological polar surface area (TPSA) is 129 Å². The van der Waals surface area contributed by atoms with Gasteiger partial charge in [0.15, 0.2) is 11.5 Å². The second-order valence-corrected chi connectivity index (χ2v) is 7.32. The van der Waals surface area contributed by atoms with E-state index in [0.29, 0.717) is 42.6 Å². The molecule has 2 aromatic rings. The number of pyridine rings is 1. The number of aromatic nitrogens is 1. The average Bonchev–Trinajstić information content (AvgIpc) is 3.52. The highest BCUT2D eigenvalue weighted by Crippen LogP contribution is 2.34. The van der Waals surface area contributed by atoms with Crippen LogP contribution in [-0.2, 0) is 14.3 Å². The quantitative estimate of drug-likeness (QED) is 0.600. The van der Waals surface area contributed by atoms with Crippen LogP contribution in [0.15, 0.2) is 30.3 Å². The molecule has 12 heteroatoms. The van der Waals surface area contributed by atoms with Crippen molar-refractivity contribution in [2.45, 2.75) is 6.42 Å². The molecule has 4 rings (SSSR count). The lowest BCUT2D eigenvalue weighted by atomic mass is 10.2. The Morgan fingerprint density at radius 3 is 2.59 bits per heavy atom. The van der Waals surface area contributed by atoms with E-state index < -0.39 is 17.7 Å². The number of hydrogen-bond donors (Lipinski definition) is 1. The van der Waals surface area contributed by atoms with Gasteiger partial charge in [0.2, 0.25) is 24.5 Å². The minimum atomic E-state index is -0.442. The number of ether oxygens (including phenoxy) is 5. The monoisotopic (exact) mass is 472 g/mol. The van der Waals surface area contributed by atoms with Gasteiger partial charge in [0.25, 0.3) is 11.8 Å². The van der Waals surface area contributed by atoms with Crippen LogP contribution in [0.3, 0.4) is 0 Å². The summed E-state index contributed by atoms with van der Waals surface area (Å²) in [6.45, 7) is 0.137. The van der Waals surface area contributed by atoms with Crippen molar-refractivity contribution < 1.29 is 38.1 Å². The van der Waals surface area contributed by atoms with Crippen molar-refractivity contribution in [3.63, 3.8) is 0 Å². The zero-order valence-electron chi connectivity index (χ0n) is 18.7. The van der Waals surface area contributed by atoms with Crippen molar-refractivity contribution >= 4 is 23.4 Å². The van der Waals surface area contributed by atoms with Gasteiger partial charge >= 0.3 is 0 Å². The smallest absolute Gasteiger partial charge is 0.277 e. The lowest BCUT2D eigenvalue weighted by molar-refractivity contribution is -0.146. The number of rotatable bonds is 8. The molecule has 0 spiro atoms. The lowest BCUT2D eigenvalue weighted by Crippen LogP contribution is -2.46. The van der Waals surface area contributed by atoms with Gasteiger partial charge in [-0.1, -0.05) is 0 Å². The fraction of sp³-hybridized carbons (Fsp3) is 0.364. The highest BCUT2D eigenvalue weighted by Gasteiger charge is 2.33. The van der Waals surface area contributed by atoms with Crippen molar-refractivity contribution in [2.24, 2.45) is 0 Å². The summed E-state index contributed by atoms with van der Waals surface area (Å²) in [5, 5.41) is 5.30. The minimum absolute atomic E-state index is 0.0973. The van der Waals surface area contributed by atoms with Crippen LogP contribution in [0, 0.1) is 0 Å². The SMILES string of the molecule is COc1ccc(C(=O)N2CCCN2C(=O)COCC(=O)Nc2ccc3c(c2)OCO3)c(OC)n1. The minimum Gasteiger partial charge on any atom is -0.481 e. The molecule has 34 heavy (non-hydrogen) atoms. The lowest BCUT2D eigenvalue weighted by Gasteiger charge is -2.28. The van der Waals surface area contributed by atoms with Crippen molar-refractivity contribution in [1.29, 1.82) is 0 Å². The Bertz CT molecular complexity index is 1090. The van der Waals surface area contributed by atoms with Crippen LogP contribution in [0.4, 0.5) is 5.69 Å². The van der Waals surface area contributed by atoms with Crippen LogP contribution >= 0.6 is 0 Å². The van der Waals surface area contributed by atoms with Crippen LogP contribution < -0.4 is 24.3 Å². The summed E-state index contributed by atoms with van der Waals surface area (Å²) < 4.78 is 26.1. The van der Waals surface area contributed by atoms with Gasteiger partial charge in [0.05, 0.1) is 14.2 Å². The molecule has 0 unspecified atom stereocenters. The fourth-order valence-electron chi connectivity index (χ4n) is 3.55. The van der Waals surface area contributed by atoms with Crippen LogP contribution in [0.1, 0.15) is 16.8 Å². The molecule has 3 heterocycles. The molecule has 0 atom stereocenters. The number of fused-ring (bicyclic) bond motifs is 1. The first-order valence-electron chi connectivity index (χ1n) is 10.5. The number of benzene rings is 1. The molecule has 1 fully saturated rings.